The van der Waals surface area contributed by atoms with Gasteiger partial charge >= 0.3 is 0 Å². The third-order valence-electron chi connectivity index (χ3n) is 2.06. The quantitative estimate of drug-likeness (QED) is 0.614. The fourth-order valence-electron chi connectivity index (χ4n) is 1.20. The van der Waals surface area contributed by atoms with Crippen LogP contribution in [-0.2, 0) is 0 Å². The van der Waals surface area contributed by atoms with Gasteiger partial charge in [-0.25, -0.2) is 0 Å². The van der Waals surface area contributed by atoms with Gasteiger partial charge in [0.05, 0.1) is 5.71 Å². The van der Waals surface area contributed by atoms with E-state index in [2.05, 4.69) is 20.8 Å². The van der Waals surface area contributed by atoms with Gasteiger partial charge in [-0.3, -0.25) is 0 Å². The molecule has 0 saturated heterocycles. The summed E-state index contributed by atoms with van der Waals surface area (Å²) in [5.41, 5.74) is 3.19. The van der Waals surface area contributed by atoms with E-state index in [0.29, 0.717) is 5.71 Å². The van der Waals surface area contributed by atoms with Crippen LogP contribution in [0.1, 0.15) is 40.5 Å². The van der Waals surface area contributed by atoms with E-state index in [4.69, 9.17) is 5.41 Å². The van der Waals surface area contributed by atoms with Gasteiger partial charge in [-0.2, -0.15) is 0 Å². The van der Waals surface area contributed by atoms with E-state index >= 15 is 0 Å². The molecule has 12 heavy (non-hydrogen) atoms. The Balaban J connectivity index is 4.66. The van der Waals surface area contributed by atoms with Crippen molar-refractivity contribution < 1.29 is 0 Å². The van der Waals surface area contributed by atoms with Crippen LogP contribution in [0, 0.1) is 5.41 Å². The molecule has 0 atom stereocenters. The van der Waals surface area contributed by atoms with Crippen molar-refractivity contribution in [2.24, 2.45) is 0 Å². The Morgan fingerprint density at radius 1 is 1.25 bits per heavy atom. The molecule has 0 aromatic carbocycles. The van der Waals surface area contributed by atoms with E-state index < -0.39 is 0 Å². The summed E-state index contributed by atoms with van der Waals surface area (Å²) in [7, 11) is 0. The Hall–Kier alpha value is -0.850. The lowest BCUT2D eigenvalue weighted by atomic mass is 10.00. The summed E-state index contributed by atoms with van der Waals surface area (Å²) in [4.78, 5) is 0. The van der Waals surface area contributed by atoms with Gasteiger partial charge in [0.2, 0.25) is 0 Å². The summed E-state index contributed by atoms with van der Waals surface area (Å²) in [5.74, 6) is 0. The standard InChI is InChI=1S/C11H19N/c1-5-8-11(12)10(7-3)9(4)6-2/h5,8,12H,6-7H2,1-4H3/b8-5+,10-9+,12-11?. The topological polar surface area (TPSA) is 23.9 Å². The first-order valence-electron chi connectivity index (χ1n) is 4.57. The third-order valence-corrected chi connectivity index (χ3v) is 2.06. The molecular formula is C11H19N. The van der Waals surface area contributed by atoms with Crippen molar-refractivity contribution in [1.82, 2.24) is 0 Å². The summed E-state index contributed by atoms with van der Waals surface area (Å²) in [6.45, 7) is 8.29. The molecule has 0 aliphatic heterocycles. The summed E-state index contributed by atoms with van der Waals surface area (Å²) in [6, 6.07) is 0. The third kappa shape index (κ3) is 3.04. The van der Waals surface area contributed by atoms with Crippen molar-refractivity contribution in [3.8, 4) is 0 Å². The van der Waals surface area contributed by atoms with Crippen LogP contribution < -0.4 is 0 Å². The molecule has 0 bridgehead atoms. The zero-order valence-corrected chi connectivity index (χ0v) is 8.57. The zero-order valence-electron chi connectivity index (χ0n) is 8.57. The van der Waals surface area contributed by atoms with Gasteiger partial charge in [0.15, 0.2) is 0 Å². The monoisotopic (exact) mass is 165 g/mol. The van der Waals surface area contributed by atoms with Gasteiger partial charge in [-0.15, -0.1) is 0 Å². The largest absolute Gasteiger partial charge is 0.301 e. The predicted molar refractivity (Wildman–Crippen MR) is 55.8 cm³/mol. The fourth-order valence-corrected chi connectivity index (χ4v) is 1.20. The van der Waals surface area contributed by atoms with Gasteiger partial charge in [0.25, 0.3) is 0 Å². The van der Waals surface area contributed by atoms with Gasteiger partial charge < -0.3 is 5.41 Å². The highest BCUT2D eigenvalue weighted by Gasteiger charge is 2.01. The zero-order chi connectivity index (χ0) is 9.56. The molecule has 0 aromatic heterocycles. The first-order chi connectivity index (χ1) is 5.67. The average Bonchev–Trinajstić information content (AvgIpc) is 2.06. The molecule has 1 N–H and O–H groups in total. The van der Waals surface area contributed by atoms with Gasteiger partial charge in [0, 0.05) is 0 Å². The molecular weight excluding hydrogens is 146 g/mol. The highest BCUT2D eigenvalue weighted by Crippen LogP contribution is 2.13. The van der Waals surface area contributed by atoms with Crippen molar-refractivity contribution in [2.75, 3.05) is 0 Å². The average molecular weight is 165 g/mol. The first-order valence-corrected chi connectivity index (χ1v) is 4.57. The predicted octanol–water partition coefficient (Wildman–Crippen LogP) is 3.72. The smallest absolute Gasteiger partial charge is 0.0567 e. The van der Waals surface area contributed by atoms with E-state index in [1.54, 1.807) is 0 Å². The lowest BCUT2D eigenvalue weighted by molar-refractivity contribution is 1.03. The molecule has 68 valence electrons. The van der Waals surface area contributed by atoms with Gasteiger partial charge in [-0.05, 0) is 38.3 Å². The van der Waals surface area contributed by atoms with Crippen LogP contribution in [0.25, 0.3) is 0 Å². The van der Waals surface area contributed by atoms with E-state index in [-0.39, 0.29) is 0 Å². The highest BCUT2D eigenvalue weighted by molar-refractivity contribution is 6.06. The van der Waals surface area contributed by atoms with E-state index in [1.165, 1.54) is 11.1 Å². The molecule has 0 aromatic rings. The van der Waals surface area contributed by atoms with Crippen LogP contribution in [0.2, 0.25) is 0 Å². The van der Waals surface area contributed by atoms with Crippen LogP contribution in [0.3, 0.4) is 0 Å². The van der Waals surface area contributed by atoms with Gasteiger partial charge in [0.1, 0.15) is 0 Å². The minimum atomic E-state index is 0.666. The van der Waals surface area contributed by atoms with Crippen molar-refractivity contribution >= 4 is 5.71 Å². The fraction of sp³-hybridized carbons (Fsp3) is 0.545. The van der Waals surface area contributed by atoms with Crippen molar-refractivity contribution in [1.29, 1.82) is 5.41 Å². The minimum absolute atomic E-state index is 0.666. The maximum Gasteiger partial charge on any atom is 0.0567 e. The summed E-state index contributed by atoms with van der Waals surface area (Å²) >= 11 is 0. The highest BCUT2D eigenvalue weighted by atomic mass is 14.4. The Bertz CT molecular complexity index is 209. The molecule has 0 unspecified atom stereocenters. The molecule has 1 nitrogen and oxygen atoms in total. The first kappa shape index (κ1) is 11.2. The Morgan fingerprint density at radius 3 is 2.17 bits per heavy atom. The molecule has 0 rings (SSSR count). The van der Waals surface area contributed by atoms with Crippen LogP contribution in [0.15, 0.2) is 23.3 Å². The maximum atomic E-state index is 7.73. The number of allylic oxidation sites excluding steroid dienone is 4. The molecule has 0 spiro atoms. The van der Waals surface area contributed by atoms with Crippen molar-refractivity contribution in [3.63, 3.8) is 0 Å². The Labute approximate surface area is 75.7 Å². The molecule has 0 aliphatic carbocycles. The van der Waals surface area contributed by atoms with E-state index in [0.717, 1.165) is 12.8 Å². The molecule has 0 heterocycles. The van der Waals surface area contributed by atoms with Crippen LogP contribution >= 0.6 is 0 Å². The second kappa shape index (κ2) is 5.76. The molecule has 0 radical (unpaired) electrons. The molecule has 1 heteroatoms. The van der Waals surface area contributed by atoms with Crippen LogP contribution in [-0.4, -0.2) is 5.71 Å². The normalized spacial score (nSPS) is 13.3. The molecule has 0 saturated carbocycles. The van der Waals surface area contributed by atoms with E-state index in [9.17, 15) is 0 Å². The Morgan fingerprint density at radius 2 is 1.83 bits per heavy atom. The molecule has 0 aliphatic rings. The summed E-state index contributed by atoms with van der Waals surface area (Å²) in [6.07, 6.45) is 5.78. The second-order valence-electron chi connectivity index (χ2n) is 2.88. The van der Waals surface area contributed by atoms with Crippen LogP contribution in [0.5, 0.6) is 0 Å². The summed E-state index contributed by atoms with van der Waals surface area (Å²) in [5, 5.41) is 7.73. The van der Waals surface area contributed by atoms with Crippen molar-refractivity contribution in [2.45, 2.75) is 40.5 Å². The van der Waals surface area contributed by atoms with Crippen molar-refractivity contribution in [3.05, 3.63) is 23.3 Å². The second-order valence-corrected chi connectivity index (χ2v) is 2.88. The van der Waals surface area contributed by atoms with Crippen LogP contribution in [0.4, 0.5) is 0 Å². The summed E-state index contributed by atoms with van der Waals surface area (Å²) < 4.78 is 0. The maximum absolute atomic E-state index is 7.73. The number of rotatable bonds is 4. The lowest BCUT2D eigenvalue weighted by Crippen LogP contribution is -1.99. The van der Waals surface area contributed by atoms with Gasteiger partial charge in [-0.1, -0.05) is 25.5 Å². The number of nitrogens with one attached hydrogen (secondary N) is 1. The number of hydrogen-bond donors (Lipinski definition) is 1. The van der Waals surface area contributed by atoms with E-state index in [1.807, 2.05) is 19.1 Å². The molecule has 0 amide bonds. The SMILES string of the molecule is C/C=C/C(=N)/C(CC)=C(\C)CC. The lowest BCUT2D eigenvalue weighted by Gasteiger charge is -2.06. The Kier molecular flexibility index (Phi) is 5.35. The number of hydrogen-bond acceptors (Lipinski definition) is 1. The molecule has 0 fully saturated rings. The minimum Gasteiger partial charge on any atom is -0.301 e.